The lowest BCUT2D eigenvalue weighted by molar-refractivity contribution is 0.199. The number of piperazine rings is 1. The summed E-state index contributed by atoms with van der Waals surface area (Å²) in [6, 6.07) is 4.72. The highest BCUT2D eigenvalue weighted by Gasteiger charge is 2.20. The fourth-order valence-electron chi connectivity index (χ4n) is 1.70. The molecule has 1 aromatic heterocycles. The maximum absolute atomic E-state index is 3.39. The predicted octanol–water partition coefficient (Wildman–Crippen LogP) is 0.591. The molecule has 0 aliphatic carbocycles. The third kappa shape index (κ3) is 1.38. The van der Waals surface area contributed by atoms with E-state index < -0.39 is 0 Å². The van der Waals surface area contributed by atoms with Crippen LogP contribution in [0.5, 0.6) is 0 Å². The van der Waals surface area contributed by atoms with E-state index in [1.54, 1.807) is 0 Å². The molecule has 0 bridgehead atoms. The molecule has 2 heterocycles. The fraction of sp³-hybridized carbons (Fsp3) is 0.556. The van der Waals surface area contributed by atoms with Gasteiger partial charge in [0, 0.05) is 31.5 Å². The van der Waals surface area contributed by atoms with Gasteiger partial charge in [0.1, 0.15) is 0 Å². The molecule has 1 aliphatic rings. The van der Waals surface area contributed by atoms with E-state index in [2.05, 4.69) is 34.4 Å². The predicted molar refractivity (Wildman–Crippen MR) is 49.0 cm³/mol. The SMILES string of the molecule is CN1CCNCC1c1ccc[nH]1. The summed E-state index contributed by atoms with van der Waals surface area (Å²) < 4.78 is 0. The molecule has 0 spiro atoms. The van der Waals surface area contributed by atoms with Crippen molar-refractivity contribution in [2.24, 2.45) is 0 Å². The van der Waals surface area contributed by atoms with Crippen LogP contribution in [0.4, 0.5) is 0 Å². The second-order valence-electron chi connectivity index (χ2n) is 3.33. The third-order valence-electron chi connectivity index (χ3n) is 2.49. The number of aromatic nitrogens is 1. The zero-order chi connectivity index (χ0) is 8.39. The molecule has 1 aromatic rings. The molecular formula is C9H15N3. The number of likely N-dealkylation sites (N-methyl/N-ethyl adjacent to an activating group) is 1. The highest BCUT2D eigenvalue weighted by molar-refractivity contribution is 5.10. The van der Waals surface area contributed by atoms with Gasteiger partial charge >= 0.3 is 0 Å². The molecule has 1 atom stereocenters. The molecule has 3 heteroatoms. The van der Waals surface area contributed by atoms with Crippen LogP contribution in [0.3, 0.4) is 0 Å². The van der Waals surface area contributed by atoms with E-state index in [1.165, 1.54) is 5.69 Å². The van der Waals surface area contributed by atoms with Gasteiger partial charge in [0.05, 0.1) is 6.04 Å². The first-order valence-corrected chi connectivity index (χ1v) is 4.42. The molecule has 66 valence electrons. The van der Waals surface area contributed by atoms with E-state index >= 15 is 0 Å². The highest BCUT2D eigenvalue weighted by Crippen LogP contribution is 2.17. The van der Waals surface area contributed by atoms with Crippen molar-refractivity contribution >= 4 is 0 Å². The van der Waals surface area contributed by atoms with E-state index in [1.807, 2.05) is 6.20 Å². The van der Waals surface area contributed by atoms with Crippen molar-refractivity contribution in [3.63, 3.8) is 0 Å². The minimum Gasteiger partial charge on any atom is -0.364 e. The van der Waals surface area contributed by atoms with Gasteiger partial charge in [0.15, 0.2) is 0 Å². The van der Waals surface area contributed by atoms with Gasteiger partial charge in [-0.1, -0.05) is 0 Å². The summed E-state index contributed by atoms with van der Waals surface area (Å²) in [7, 11) is 2.17. The smallest absolute Gasteiger partial charge is 0.0622 e. The van der Waals surface area contributed by atoms with Gasteiger partial charge in [-0.05, 0) is 19.2 Å². The molecule has 0 radical (unpaired) electrons. The van der Waals surface area contributed by atoms with Crippen LogP contribution in [0.2, 0.25) is 0 Å². The molecule has 2 N–H and O–H groups in total. The van der Waals surface area contributed by atoms with Crippen LogP contribution >= 0.6 is 0 Å². The largest absolute Gasteiger partial charge is 0.364 e. The van der Waals surface area contributed by atoms with Gasteiger partial charge in [0.2, 0.25) is 0 Å². The molecule has 0 aromatic carbocycles. The summed E-state index contributed by atoms with van der Waals surface area (Å²) in [5, 5.41) is 3.39. The Morgan fingerprint density at radius 2 is 2.50 bits per heavy atom. The first kappa shape index (κ1) is 7.83. The molecule has 1 aliphatic heterocycles. The second-order valence-corrected chi connectivity index (χ2v) is 3.33. The maximum atomic E-state index is 3.39. The highest BCUT2D eigenvalue weighted by atomic mass is 15.2. The summed E-state index contributed by atoms with van der Waals surface area (Å²) in [6.45, 7) is 3.29. The van der Waals surface area contributed by atoms with Crippen molar-refractivity contribution in [1.29, 1.82) is 0 Å². The Kier molecular flexibility index (Phi) is 2.15. The number of nitrogens with one attached hydrogen (secondary N) is 2. The summed E-state index contributed by atoms with van der Waals surface area (Å²) in [4.78, 5) is 5.63. The summed E-state index contributed by atoms with van der Waals surface area (Å²) in [6.07, 6.45) is 1.98. The maximum Gasteiger partial charge on any atom is 0.0622 e. The minimum atomic E-state index is 0.522. The average Bonchev–Trinajstić information content (AvgIpc) is 2.57. The molecule has 1 saturated heterocycles. The molecule has 1 fully saturated rings. The Labute approximate surface area is 72.8 Å². The lowest BCUT2D eigenvalue weighted by atomic mass is 10.1. The van der Waals surface area contributed by atoms with E-state index in [0.29, 0.717) is 6.04 Å². The normalized spacial score (nSPS) is 25.9. The molecule has 0 saturated carbocycles. The Bertz CT molecular complexity index is 230. The number of hydrogen-bond acceptors (Lipinski definition) is 2. The van der Waals surface area contributed by atoms with E-state index in [-0.39, 0.29) is 0 Å². The van der Waals surface area contributed by atoms with Crippen LogP contribution in [-0.4, -0.2) is 36.6 Å². The fourth-order valence-corrected chi connectivity index (χ4v) is 1.70. The lowest BCUT2D eigenvalue weighted by Crippen LogP contribution is -2.43. The molecular weight excluding hydrogens is 150 g/mol. The topological polar surface area (TPSA) is 31.1 Å². The van der Waals surface area contributed by atoms with Gasteiger partial charge in [0.25, 0.3) is 0 Å². The zero-order valence-corrected chi connectivity index (χ0v) is 7.38. The van der Waals surface area contributed by atoms with Crippen molar-refractivity contribution in [3.05, 3.63) is 24.0 Å². The van der Waals surface area contributed by atoms with Crippen LogP contribution in [-0.2, 0) is 0 Å². The molecule has 12 heavy (non-hydrogen) atoms. The van der Waals surface area contributed by atoms with Crippen molar-refractivity contribution in [2.75, 3.05) is 26.7 Å². The van der Waals surface area contributed by atoms with Crippen LogP contribution in [0.15, 0.2) is 18.3 Å². The quantitative estimate of drug-likeness (QED) is 0.638. The first-order valence-electron chi connectivity index (χ1n) is 4.42. The number of aromatic amines is 1. The second kappa shape index (κ2) is 3.29. The Morgan fingerprint density at radius 3 is 3.17 bits per heavy atom. The summed E-state index contributed by atoms with van der Waals surface area (Å²) in [5.41, 5.74) is 1.31. The van der Waals surface area contributed by atoms with Crippen molar-refractivity contribution in [1.82, 2.24) is 15.2 Å². The van der Waals surface area contributed by atoms with Gasteiger partial charge in [-0.2, -0.15) is 0 Å². The van der Waals surface area contributed by atoms with Gasteiger partial charge in [-0.3, -0.25) is 4.90 Å². The summed E-state index contributed by atoms with van der Waals surface area (Å²) in [5.74, 6) is 0. The minimum absolute atomic E-state index is 0.522. The standard InChI is InChI=1S/C9H15N3/c1-12-6-5-10-7-9(12)8-3-2-4-11-8/h2-4,9-11H,5-7H2,1H3. The van der Waals surface area contributed by atoms with E-state index in [0.717, 1.165) is 19.6 Å². The summed E-state index contributed by atoms with van der Waals surface area (Å²) >= 11 is 0. The monoisotopic (exact) mass is 165 g/mol. The number of rotatable bonds is 1. The number of H-pyrrole nitrogens is 1. The Morgan fingerprint density at radius 1 is 1.58 bits per heavy atom. The van der Waals surface area contributed by atoms with E-state index in [9.17, 15) is 0 Å². The zero-order valence-electron chi connectivity index (χ0n) is 7.38. The molecule has 3 nitrogen and oxygen atoms in total. The Balaban J connectivity index is 2.11. The van der Waals surface area contributed by atoms with Gasteiger partial charge < -0.3 is 10.3 Å². The van der Waals surface area contributed by atoms with E-state index in [4.69, 9.17) is 0 Å². The van der Waals surface area contributed by atoms with Gasteiger partial charge in [-0.25, -0.2) is 0 Å². The van der Waals surface area contributed by atoms with Crippen molar-refractivity contribution in [2.45, 2.75) is 6.04 Å². The molecule has 0 amide bonds. The third-order valence-corrected chi connectivity index (χ3v) is 2.49. The first-order chi connectivity index (χ1) is 5.88. The van der Waals surface area contributed by atoms with Crippen LogP contribution < -0.4 is 5.32 Å². The molecule has 1 unspecified atom stereocenters. The molecule has 2 rings (SSSR count). The number of nitrogens with zero attached hydrogens (tertiary/aromatic N) is 1. The van der Waals surface area contributed by atoms with Crippen LogP contribution in [0, 0.1) is 0 Å². The Hall–Kier alpha value is -0.800. The number of hydrogen-bond donors (Lipinski definition) is 2. The van der Waals surface area contributed by atoms with Gasteiger partial charge in [-0.15, -0.1) is 0 Å². The van der Waals surface area contributed by atoms with Crippen LogP contribution in [0.1, 0.15) is 11.7 Å². The lowest BCUT2D eigenvalue weighted by Gasteiger charge is -2.32. The van der Waals surface area contributed by atoms with Crippen LogP contribution in [0.25, 0.3) is 0 Å². The van der Waals surface area contributed by atoms with Crippen molar-refractivity contribution < 1.29 is 0 Å². The average molecular weight is 165 g/mol. The van der Waals surface area contributed by atoms with Crippen molar-refractivity contribution in [3.8, 4) is 0 Å².